The van der Waals surface area contributed by atoms with Crippen molar-refractivity contribution in [2.75, 3.05) is 18.0 Å². The summed E-state index contributed by atoms with van der Waals surface area (Å²) in [6.07, 6.45) is 3.48. The zero-order valence-electron chi connectivity index (χ0n) is 11.0. The number of rotatable bonds is 3. The topological polar surface area (TPSA) is 63.9 Å². The summed E-state index contributed by atoms with van der Waals surface area (Å²) in [6.45, 7) is 4.24. The summed E-state index contributed by atoms with van der Waals surface area (Å²) in [4.78, 5) is 22.3. The smallest absolute Gasteiger partial charge is 0.266 e. The predicted molar refractivity (Wildman–Crippen MR) is 78.7 cm³/mol. The first-order valence-electron chi connectivity index (χ1n) is 6.39. The highest BCUT2D eigenvalue weighted by Crippen LogP contribution is 2.22. The summed E-state index contributed by atoms with van der Waals surface area (Å²) in [5.41, 5.74) is 0.811. The molecule has 0 spiro atoms. The van der Waals surface area contributed by atoms with Gasteiger partial charge < -0.3 is 4.90 Å². The second-order valence-corrected chi connectivity index (χ2v) is 5.88. The zero-order chi connectivity index (χ0) is 14.1. The van der Waals surface area contributed by atoms with Crippen molar-refractivity contribution in [1.29, 1.82) is 0 Å². The van der Waals surface area contributed by atoms with Crippen molar-refractivity contribution in [2.45, 2.75) is 13.5 Å². The van der Waals surface area contributed by atoms with Crippen LogP contribution in [0.4, 0.5) is 5.95 Å². The van der Waals surface area contributed by atoms with E-state index in [9.17, 15) is 4.79 Å². The van der Waals surface area contributed by atoms with E-state index in [-0.39, 0.29) is 5.56 Å². The minimum atomic E-state index is -0.0473. The van der Waals surface area contributed by atoms with Crippen LogP contribution in [0.15, 0.2) is 33.8 Å². The predicted octanol–water partition coefficient (Wildman–Crippen LogP) is 1.24. The lowest BCUT2D eigenvalue weighted by Gasteiger charge is -2.39. The van der Waals surface area contributed by atoms with Crippen molar-refractivity contribution in [3.8, 4) is 0 Å². The van der Waals surface area contributed by atoms with Crippen LogP contribution in [0.2, 0.25) is 0 Å². The number of aryl methyl sites for hydroxylation is 1. The molecular formula is C13H14BrN5O. The molecule has 0 atom stereocenters. The molecule has 20 heavy (non-hydrogen) atoms. The molecule has 3 heterocycles. The molecule has 104 valence electrons. The van der Waals surface area contributed by atoms with Gasteiger partial charge in [-0.15, -0.1) is 0 Å². The third kappa shape index (κ3) is 2.72. The Bertz CT molecular complexity index is 663. The zero-order valence-corrected chi connectivity index (χ0v) is 12.6. The summed E-state index contributed by atoms with van der Waals surface area (Å²) >= 11 is 3.32. The lowest BCUT2D eigenvalue weighted by molar-refractivity contribution is 0.330. The maximum Gasteiger partial charge on any atom is 0.266 e. The van der Waals surface area contributed by atoms with Gasteiger partial charge in [0, 0.05) is 37.5 Å². The molecule has 1 saturated heterocycles. The van der Waals surface area contributed by atoms with Crippen molar-refractivity contribution in [1.82, 2.24) is 19.7 Å². The van der Waals surface area contributed by atoms with Crippen molar-refractivity contribution in [3.63, 3.8) is 0 Å². The standard InChI is InChI=1S/C13H14BrN5O/c1-9-2-3-12(20)19(17-9)8-10-6-18(7-10)13-15-4-11(14)5-16-13/h2-5,10H,6-8H2,1H3. The van der Waals surface area contributed by atoms with E-state index in [1.54, 1.807) is 29.2 Å². The van der Waals surface area contributed by atoms with Crippen molar-refractivity contribution in [3.05, 3.63) is 45.0 Å². The summed E-state index contributed by atoms with van der Waals surface area (Å²) in [5.74, 6) is 1.14. The molecule has 7 heteroatoms. The van der Waals surface area contributed by atoms with E-state index < -0.39 is 0 Å². The van der Waals surface area contributed by atoms with Gasteiger partial charge in [0.25, 0.3) is 5.56 Å². The Morgan fingerprint density at radius 2 is 2.00 bits per heavy atom. The summed E-state index contributed by atoms with van der Waals surface area (Å²) < 4.78 is 2.41. The van der Waals surface area contributed by atoms with Crippen molar-refractivity contribution >= 4 is 21.9 Å². The average molecular weight is 336 g/mol. The molecule has 0 aromatic carbocycles. The number of aromatic nitrogens is 4. The maximum atomic E-state index is 11.7. The Morgan fingerprint density at radius 3 is 2.70 bits per heavy atom. The first kappa shape index (κ1) is 13.2. The molecule has 0 amide bonds. The van der Waals surface area contributed by atoms with E-state index in [0.717, 1.165) is 29.2 Å². The van der Waals surface area contributed by atoms with Gasteiger partial charge in [-0.2, -0.15) is 5.10 Å². The molecule has 3 rings (SSSR count). The first-order chi connectivity index (χ1) is 9.61. The van der Waals surface area contributed by atoms with Crippen LogP contribution in [0.3, 0.4) is 0 Å². The molecule has 6 nitrogen and oxygen atoms in total. The monoisotopic (exact) mass is 335 g/mol. The number of hydrogen-bond donors (Lipinski definition) is 0. The second kappa shape index (κ2) is 5.32. The third-order valence-corrected chi connectivity index (χ3v) is 3.69. The van der Waals surface area contributed by atoms with Crippen LogP contribution >= 0.6 is 15.9 Å². The van der Waals surface area contributed by atoms with E-state index in [2.05, 4.69) is 35.9 Å². The molecule has 2 aromatic heterocycles. The second-order valence-electron chi connectivity index (χ2n) is 4.97. The van der Waals surface area contributed by atoms with Gasteiger partial charge in [0.15, 0.2) is 0 Å². The van der Waals surface area contributed by atoms with Crippen LogP contribution in [0.1, 0.15) is 5.69 Å². The molecule has 0 saturated carbocycles. The van der Waals surface area contributed by atoms with Crippen LogP contribution in [-0.2, 0) is 6.54 Å². The van der Waals surface area contributed by atoms with Crippen LogP contribution in [0.5, 0.6) is 0 Å². The van der Waals surface area contributed by atoms with Gasteiger partial charge in [0.05, 0.1) is 16.7 Å². The van der Waals surface area contributed by atoms with Gasteiger partial charge in [-0.25, -0.2) is 14.6 Å². The molecule has 2 aromatic rings. The summed E-state index contributed by atoms with van der Waals surface area (Å²) in [7, 11) is 0. The fourth-order valence-electron chi connectivity index (χ4n) is 2.24. The Kier molecular flexibility index (Phi) is 3.52. The molecule has 1 aliphatic heterocycles. The highest BCUT2D eigenvalue weighted by molar-refractivity contribution is 9.10. The SMILES string of the molecule is Cc1ccc(=O)n(CC2CN(c3ncc(Br)cn3)C2)n1. The number of nitrogens with zero attached hydrogens (tertiary/aromatic N) is 5. The highest BCUT2D eigenvalue weighted by Gasteiger charge is 2.29. The molecule has 0 bridgehead atoms. The lowest BCUT2D eigenvalue weighted by Crippen LogP contribution is -2.50. The highest BCUT2D eigenvalue weighted by atomic mass is 79.9. The molecule has 0 unspecified atom stereocenters. The number of hydrogen-bond acceptors (Lipinski definition) is 5. The Balaban J connectivity index is 1.62. The van der Waals surface area contributed by atoms with Crippen LogP contribution in [-0.4, -0.2) is 32.8 Å². The molecule has 1 aliphatic rings. The minimum Gasteiger partial charge on any atom is -0.340 e. The molecular weight excluding hydrogens is 322 g/mol. The molecule has 0 N–H and O–H groups in total. The van der Waals surface area contributed by atoms with Gasteiger partial charge in [-0.3, -0.25) is 4.79 Å². The molecule has 1 fully saturated rings. The summed E-state index contributed by atoms with van der Waals surface area (Å²) in [5, 5.41) is 4.25. The quantitative estimate of drug-likeness (QED) is 0.844. The van der Waals surface area contributed by atoms with Gasteiger partial charge in [-0.05, 0) is 28.9 Å². The van der Waals surface area contributed by atoms with Crippen molar-refractivity contribution in [2.24, 2.45) is 5.92 Å². The third-order valence-electron chi connectivity index (χ3n) is 3.28. The van der Waals surface area contributed by atoms with Gasteiger partial charge in [0.1, 0.15) is 0 Å². The maximum absolute atomic E-state index is 11.7. The minimum absolute atomic E-state index is 0.0473. The van der Waals surface area contributed by atoms with E-state index in [4.69, 9.17) is 0 Å². The summed E-state index contributed by atoms with van der Waals surface area (Å²) in [6, 6.07) is 3.30. The van der Waals surface area contributed by atoms with E-state index in [1.165, 1.54) is 0 Å². The number of anilines is 1. The van der Waals surface area contributed by atoms with Gasteiger partial charge in [-0.1, -0.05) is 0 Å². The molecule has 0 radical (unpaired) electrons. The van der Waals surface area contributed by atoms with Crippen LogP contribution in [0, 0.1) is 12.8 Å². The van der Waals surface area contributed by atoms with Gasteiger partial charge >= 0.3 is 0 Å². The Hall–Kier alpha value is -1.76. The average Bonchev–Trinajstić information content (AvgIpc) is 2.39. The fraction of sp³-hybridized carbons (Fsp3) is 0.385. The number of halogens is 1. The molecule has 0 aliphatic carbocycles. The van der Waals surface area contributed by atoms with Crippen molar-refractivity contribution < 1.29 is 0 Å². The van der Waals surface area contributed by atoms with E-state index >= 15 is 0 Å². The fourth-order valence-corrected chi connectivity index (χ4v) is 2.45. The van der Waals surface area contributed by atoms with Gasteiger partial charge in [0.2, 0.25) is 5.95 Å². The largest absolute Gasteiger partial charge is 0.340 e. The first-order valence-corrected chi connectivity index (χ1v) is 7.18. The van der Waals surface area contributed by atoms with E-state index in [1.807, 2.05) is 6.92 Å². The van der Waals surface area contributed by atoms with Crippen LogP contribution in [0.25, 0.3) is 0 Å². The van der Waals surface area contributed by atoms with E-state index in [0.29, 0.717) is 12.5 Å². The normalized spacial score (nSPS) is 15.2. The Morgan fingerprint density at radius 1 is 1.30 bits per heavy atom. The van der Waals surface area contributed by atoms with Crippen LogP contribution < -0.4 is 10.5 Å². The Labute approximate surface area is 124 Å². The lowest BCUT2D eigenvalue weighted by atomic mass is 10.0.